The van der Waals surface area contributed by atoms with Gasteiger partial charge in [0.2, 0.25) is 0 Å². The van der Waals surface area contributed by atoms with Crippen molar-refractivity contribution in [1.29, 1.82) is 0 Å². The number of rotatable bonds is 1. The molecule has 2 unspecified atom stereocenters. The molecule has 0 bridgehead atoms. The lowest BCUT2D eigenvalue weighted by Crippen LogP contribution is -2.39. The molecule has 0 aliphatic carbocycles. The first-order chi connectivity index (χ1) is 7.18. The first kappa shape index (κ1) is 10.7. The molecule has 1 aliphatic heterocycles. The van der Waals surface area contributed by atoms with Gasteiger partial charge in [-0.25, -0.2) is 0 Å². The molecule has 0 amide bonds. The topological polar surface area (TPSA) is 21.3 Å². The smallest absolute Gasteiger partial charge is 0.0956 e. The van der Waals surface area contributed by atoms with E-state index in [0.29, 0.717) is 6.10 Å². The molecule has 82 valence electrons. The zero-order valence-electron chi connectivity index (χ0n) is 9.71. The molecule has 0 spiro atoms. The van der Waals surface area contributed by atoms with Crippen LogP contribution in [-0.4, -0.2) is 19.2 Å². The zero-order valence-corrected chi connectivity index (χ0v) is 9.71. The summed E-state index contributed by atoms with van der Waals surface area (Å²) in [6, 6.07) is 6.44. The minimum absolute atomic E-state index is 0.216. The molecule has 2 rings (SSSR count). The van der Waals surface area contributed by atoms with Gasteiger partial charge in [0.05, 0.1) is 12.2 Å². The molecule has 0 saturated carbocycles. The number of hydrogen-bond donors (Lipinski definition) is 1. The van der Waals surface area contributed by atoms with Crippen molar-refractivity contribution in [3.63, 3.8) is 0 Å². The second-order valence-electron chi connectivity index (χ2n) is 4.38. The third kappa shape index (κ3) is 2.21. The summed E-state index contributed by atoms with van der Waals surface area (Å²) in [5.74, 6) is 0. The van der Waals surface area contributed by atoms with Gasteiger partial charge in [0.1, 0.15) is 0 Å². The largest absolute Gasteiger partial charge is 0.368 e. The van der Waals surface area contributed by atoms with Crippen molar-refractivity contribution in [3.05, 3.63) is 34.9 Å². The molecular formula is C13H19NO. The van der Waals surface area contributed by atoms with Crippen LogP contribution >= 0.6 is 0 Å². The second-order valence-corrected chi connectivity index (χ2v) is 4.38. The Bertz CT molecular complexity index is 348. The number of ether oxygens (including phenoxy) is 1. The van der Waals surface area contributed by atoms with E-state index in [2.05, 4.69) is 44.3 Å². The maximum Gasteiger partial charge on any atom is 0.0956 e. The summed E-state index contributed by atoms with van der Waals surface area (Å²) in [6.45, 7) is 8.33. The highest BCUT2D eigenvalue weighted by Gasteiger charge is 2.21. The summed E-state index contributed by atoms with van der Waals surface area (Å²) in [5, 5.41) is 3.40. The van der Waals surface area contributed by atoms with Gasteiger partial charge < -0.3 is 10.1 Å². The summed E-state index contributed by atoms with van der Waals surface area (Å²) < 4.78 is 5.95. The average Bonchev–Trinajstić information content (AvgIpc) is 2.22. The first-order valence-corrected chi connectivity index (χ1v) is 5.61. The van der Waals surface area contributed by atoms with E-state index in [1.54, 1.807) is 0 Å². The Hall–Kier alpha value is -0.860. The first-order valence-electron chi connectivity index (χ1n) is 5.61. The van der Waals surface area contributed by atoms with Crippen LogP contribution in [0.25, 0.3) is 0 Å². The van der Waals surface area contributed by atoms with Gasteiger partial charge in [-0.3, -0.25) is 0 Å². The van der Waals surface area contributed by atoms with Crippen molar-refractivity contribution in [1.82, 2.24) is 5.32 Å². The van der Waals surface area contributed by atoms with E-state index in [-0.39, 0.29) is 6.10 Å². The average molecular weight is 205 g/mol. The summed E-state index contributed by atoms with van der Waals surface area (Å²) in [4.78, 5) is 0. The maximum atomic E-state index is 5.95. The highest BCUT2D eigenvalue weighted by Crippen LogP contribution is 2.25. The standard InChI is InChI=1S/C13H19NO/c1-9-5-4-6-12(11(9)3)13-8-14-7-10(2)15-13/h4-6,10,13-14H,7-8H2,1-3H3. The fraction of sp³-hybridized carbons (Fsp3) is 0.538. The van der Waals surface area contributed by atoms with Crippen LogP contribution in [-0.2, 0) is 4.74 Å². The lowest BCUT2D eigenvalue weighted by atomic mass is 9.98. The van der Waals surface area contributed by atoms with Crippen LogP contribution in [0.5, 0.6) is 0 Å². The Morgan fingerprint density at radius 1 is 1.27 bits per heavy atom. The van der Waals surface area contributed by atoms with Gasteiger partial charge in [0.15, 0.2) is 0 Å². The fourth-order valence-electron chi connectivity index (χ4n) is 2.10. The molecule has 2 nitrogen and oxygen atoms in total. The van der Waals surface area contributed by atoms with Crippen molar-refractivity contribution in [3.8, 4) is 0 Å². The summed E-state index contributed by atoms with van der Waals surface area (Å²) in [6.07, 6.45) is 0.525. The number of hydrogen-bond acceptors (Lipinski definition) is 2. The number of nitrogens with one attached hydrogen (secondary N) is 1. The summed E-state index contributed by atoms with van der Waals surface area (Å²) in [7, 11) is 0. The normalized spacial score (nSPS) is 26.6. The van der Waals surface area contributed by atoms with Gasteiger partial charge in [-0.15, -0.1) is 0 Å². The molecule has 1 aliphatic rings. The van der Waals surface area contributed by atoms with E-state index < -0.39 is 0 Å². The van der Waals surface area contributed by atoms with E-state index in [9.17, 15) is 0 Å². The molecule has 1 saturated heterocycles. The summed E-state index contributed by atoms with van der Waals surface area (Å²) >= 11 is 0. The lowest BCUT2D eigenvalue weighted by molar-refractivity contribution is -0.0290. The second kappa shape index (κ2) is 4.33. The Morgan fingerprint density at radius 3 is 2.80 bits per heavy atom. The minimum atomic E-state index is 0.216. The predicted octanol–water partition coefficient (Wildman–Crippen LogP) is 2.35. The quantitative estimate of drug-likeness (QED) is 0.760. The highest BCUT2D eigenvalue weighted by atomic mass is 16.5. The number of benzene rings is 1. The van der Waals surface area contributed by atoms with Gasteiger partial charge >= 0.3 is 0 Å². The van der Waals surface area contributed by atoms with E-state index in [1.165, 1.54) is 16.7 Å². The third-order valence-electron chi connectivity index (χ3n) is 3.15. The Morgan fingerprint density at radius 2 is 2.07 bits per heavy atom. The zero-order chi connectivity index (χ0) is 10.8. The van der Waals surface area contributed by atoms with E-state index in [0.717, 1.165) is 13.1 Å². The van der Waals surface area contributed by atoms with Crippen LogP contribution < -0.4 is 5.32 Å². The monoisotopic (exact) mass is 205 g/mol. The SMILES string of the molecule is Cc1cccc(C2CNCC(C)O2)c1C. The fourth-order valence-corrected chi connectivity index (χ4v) is 2.10. The van der Waals surface area contributed by atoms with Gasteiger partial charge in [-0.1, -0.05) is 18.2 Å². The van der Waals surface area contributed by atoms with Crippen molar-refractivity contribution < 1.29 is 4.74 Å². The Labute approximate surface area is 91.6 Å². The molecule has 2 atom stereocenters. The van der Waals surface area contributed by atoms with Gasteiger partial charge in [-0.05, 0) is 37.5 Å². The van der Waals surface area contributed by atoms with Crippen molar-refractivity contribution >= 4 is 0 Å². The van der Waals surface area contributed by atoms with Crippen molar-refractivity contribution in [2.75, 3.05) is 13.1 Å². The van der Waals surface area contributed by atoms with E-state index in [1.807, 2.05) is 0 Å². The molecule has 0 radical (unpaired) electrons. The molecular weight excluding hydrogens is 186 g/mol. The van der Waals surface area contributed by atoms with Crippen LogP contribution in [0.15, 0.2) is 18.2 Å². The molecule has 0 aromatic heterocycles. The van der Waals surface area contributed by atoms with Crippen molar-refractivity contribution in [2.45, 2.75) is 33.0 Å². The highest BCUT2D eigenvalue weighted by molar-refractivity contribution is 5.35. The predicted molar refractivity (Wildman–Crippen MR) is 62.1 cm³/mol. The minimum Gasteiger partial charge on any atom is -0.368 e. The third-order valence-corrected chi connectivity index (χ3v) is 3.15. The molecule has 1 fully saturated rings. The number of morpholine rings is 1. The maximum absolute atomic E-state index is 5.95. The lowest BCUT2D eigenvalue weighted by Gasteiger charge is -2.30. The van der Waals surface area contributed by atoms with Crippen LogP contribution in [0.3, 0.4) is 0 Å². The summed E-state index contributed by atoms with van der Waals surface area (Å²) in [5.41, 5.74) is 4.03. The van der Waals surface area contributed by atoms with Crippen molar-refractivity contribution in [2.24, 2.45) is 0 Å². The Kier molecular flexibility index (Phi) is 3.08. The van der Waals surface area contributed by atoms with E-state index >= 15 is 0 Å². The van der Waals surface area contributed by atoms with Gasteiger partial charge in [0, 0.05) is 13.1 Å². The van der Waals surface area contributed by atoms with E-state index in [4.69, 9.17) is 4.74 Å². The van der Waals surface area contributed by atoms with Crippen LogP contribution in [0.1, 0.15) is 29.7 Å². The van der Waals surface area contributed by atoms with Crippen LogP contribution in [0.4, 0.5) is 0 Å². The molecule has 1 aromatic rings. The molecule has 1 aromatic carbocycles. The molecule has 15 heavy (non-hydrogen) atoms. The van der Waals surface area contributed by atoms with Gasteiger partial charge in [0.25, 0.3) is 0 Å². The molecule has 2 heteroatoms. The van der Waals surface area contributed by atoms with Gasteiger partial charge in [-0.2, -0.15) is 0 Å². The molecule has 1 N–H and O–H groups in total. The molecule has 1 heterocycles. The van der Waals surface area contributed by atoms with Crippen LogP contribution in [0, 0.1) is 13.8 Å². The number of aryl methyl sites for hydroxylation is 1. The Balaban J connectivity index is 2.24. The van der Waals surface area contributed by atoms with Crippen LogP contribution in [0.2, 0.25) is 0 Å².